The number of carbonyl (C=O) groups excluding carboxylic acids is 3. The standard InChI is InChI=1S/C26H21ClN2O4S2/c1-2-33-20-11-9-19(10-12-20)28-24(30)16-29-25(31)23(35-26(29)32)15-17-5-3-4-6-22(17)34-21-13-7-18(27)8-14-21/h3-15H,2,16H2,1H3,(H,28,30)/b23-15-. The van der Waals surface area contributed by atoms with Gasteiger partial charge in [-0.3, -0.25) is 19.3 Å². The lowest BCUT2D eigenvalue weighted by atomic mass is 10.2. The summed E-state index contributed by atoms with van der Waals surface area (Å²) in [5, 5.41) is 2.88. The van der Waals surface area contributed by atoms with Gasteiger partial charge in [0.25, 0.3) is 11.1 Å². The number of rotatable bonds is 8. The highest BCUT2D eigenvalue weighted by atomic mass is 35.5. The number of ether oxygens (including phenoxy) is 1. The second-order valence-electron chi connectivity index (χ2n) is 7.37. The zero-order valence-corrected chi connectivity index (χ0v) is 21.1. The maximum atomic E-state index is 12.9. The number of imide groups is 1. The molecule has 1 saturated heterocycles. The van der Waals surface area contributed by atoms with E-state index in [9.17, 15) is 14.4 Å². The van der Waals surface area contributed by atoms with Gasteiger partial charge in [0.15, 0.2) is 0 Å². The minimum absolute atomic E-state index is 0.271. The van der Waals surface area contributed by atoms with E-state index in [0.717, 1.165) is 32.0 Å². The van der Waals surface area contributed by atoms with Gasteiger partial charge in [0.05, 0.1) is 11.5 Å². The molecule has 1 fully saturated rings. The van der Waals surface area contributed by atoms with Crippen molar-refractivity contribution in [2.45, 2.75) is 16.7 Å². The second kappa shape index (κ2) is 11.5. The summed E-state index contributed by atoms with van der Waals surface area (Å²) in [5.41, 5.74) is 1.35. The first kappa shape index (κ1) is 24.9. The molecule has 3 amide bonds. The molecule has 3 aromatic rings. The first-order chi connectivity index (χ1) is 16.9. The number of hydrogen-bond acceptors (Lipinski definition) is 6. The molecule has 35 heavy (non-hydrogen) atoms. The van der Waals surface area contributed by atoms with Crippen LogP contribution in [0.3, 0.4) is 0 Å². The fourth-order valence-electron chi connectivity index (χ4n) is 3.25. The normalized spacial score (nSPS) is 14.5. The zero-order valence-electron chi connectivity index (χ0n) is 18.7. The zero-order chi connectivity index (χ0) is 24.8. The third-order valence-electron chi connectivity index (χ3n) is 4.87. The number of nitrogens with one attached hydrogen (secondary N) is 1. The van der Waals surface area contributed by atoms with Crippen LogP contribution in [-0.4, -0.2) is 35.1 Å². The van der Waals surface area contributed by atoms with Gasteiger partial charge in [-0.25, -0.2) is 0 Å². The maximum absolute atomic E-state index is 12.9. The monoisotopic (exact) mass is 524 g/mol. The van der Waals surface area contributed by atoms with Crippen molar-refractivity contribution in [3.63, 3.8) is 0 Å². The van der Waals surface area contributed by atoms with Gasteiger partial charge in [0.1, 0.15) is 12.3 Å². The number of halogens is 1. The van der Waals surface area contributed by atoms with Crippen LogP contribution in [0.4, 0.5) is 10.5 Å². The third-order valence-corrected chi connectivity index (χ3v) is 7.13. The fourth-order valence-corrected chi connectivity index (χ4v) is 5.12. The van der Waals surface area contributed by atoms with Gasteiger partial charge < -0.3 is 10.1 Å². The van der Waals surface area contributed by atoms with Gasteiger partial charge in [-0.05, 0) is 84.9 Å². The Balaban J connectivity index is 1.44. The molecule has 1 N–H and O–H groups in total. The Hall–Kier alpha value is -3.20. The Morgan fingerprint density at radius 1 is 1.06 bits per heavy atom. The predicted octanol–water partition coefficient (Wildman–Crippen LogP) is 6.56. The third kappa shape index (κ3) is 6.48. The van der Waals surface area contributed by atoms with Crippen molar-refractivity contribution in [1.82, 2.24) is 4.90 Å². The van der Waals surface area contributed by atoms with Crippen molar-refractivity contribution in [3.05, 3.63) is 88.3 Å². The summed E-state index contributed by atoms with van der Waals surface area (Å²) in [5.74, 6) is -0.263. The van der Waals surface area contributed by atoms with Gasteiger partial charge >= 0.3 is 0 Å². The number of thioether (sulfide) groups is 1. The van der Waals surface area contributed by atoms with E-state index in [1.807, 2.05) is 55.5 Å². The maximum Gasteiger partial charge on any atom is 0.294 e. The molecule has 1 aliphatic rings. The van der Waals surface area contributed by atoms with Crippen LogP contribution in [0, 0.1) is 0 Å². The van der Waals surface area contributed by atoms with Crippen LogP contribution in [0.1, 0.15) is 12.5 Å². The average molecular weight is 525 g/mol. The minimum Gasteiger partial charge on any atom is -0.494 e. The molecule has 0 saturated carbocycles. The molecule has 0 spiro atoms. The number of benzene rings is 3. The number of nitrogens with zero attached hydrogens (tertiary/aromatic N) is 1. The van der Waals surface area contributed by atoms with Crippen molar-refractivity contribution >= 4 is 63.9 Å². The molecule has 0 unspecified atom stereocenters. The lowest BCUT2D eigenvalue weighted by molar-refractivity contribution is -0.127. The summed E-state index contributed by atoms with van der Waals surface area (Å²) in [6.45, 7) is 2.07. The summed E-state index contributed by atoms with van der Waals surface area (Å²) in [6.07, 6.45) is 1.69. The Labute approximate surface area is 216 Å². The highest BCUT2D eigenvalue weighted by Gasteiger charge is 2.36. The lowest BCUT2D eigenvalue weighted by Crippen LogP contribution is -2.36. The van der Waals surface area contributed by atoms with E-state index in [2.05, 4.69) is 5.32 Å². The molecule has 1 aliphatic heterocycles. The van der Waals surface area contributed by atoms with Gasteiger partial charge in [-0.15, -0.1) is 0 Å². The molecular formula is C26H21ClN2O4S2. The van der Waals surface area contributed by atoms with E-state index in [4.69, 9.17) is 16.3 Å². The summed E-state index contributed by atoms with van der Waals surface area (Å²) in [7, 11) is 0. The Morgan fingerprint density at radius 2 is 1.77 bits per heavy atom. The highest BCUT2D eigenvalue weighted by molar-refractivity contribution is 8.18. The van der Waals surface area contributed by atoms with E-state index < -0.39 is 17.1 Å². The number of carbonyl (C=O) groups is 3. The molecule has 0 radical (unpaired) electrons. The van der Waals surface area contributed by atoms with Crippen LogP contribution in [0.15, 0.2) is 87.5 Å². The van der Waals surface area contributed by atoms with Crippen molar-refractivity contribution in [3.8, 4) is 5.75 Å². The SMILES string of the molecule is CCOc1ccc(NC(=O)CN2C(=O)S/C(=C\c3ccccc3Sc3ccc(Cl)cc3)C2=O)cc1. The van der Waals surface area contributed by atoms with E-state index >= 15 is 0 Å². The summed E-state index contributed by atoms with van der Waals surface area (Å²) in [4.78, 5) is 41.1. The van der Waals surface area contributed by atoms with Gasteiger partial charge in [-0.2, -0.15) is 0 Å². The smallest absolute Gasteiger partial charge is 0.294 e. The van der Waals surface area contributed by atoms with Crippen LogP contribution in [0.25, 0.3) is 6.08 Å². The van der Waals surface area contributed by atoms with E-state index in [-0.39, 0.29) is 11.4 Å². The number of amides is 3. The number of hydrogen-bond donors (Lipinski definition) is 1. The van der Waals surface area contributed by atoms with E-state index in [1.54, 1.807) is 30.3 Å². The molecule has 0 atom stereocenters. The highest BCUT2D eigenvalue weighted by Crippen LogP contribution is 2.36. The van der Waals surface area contributed by atoms with Crippen LogP contribution in [-0.2, 0) is 9.59 Å². The molecule has 9 heteroatoms. The summed E-state index contributed by atoms with van der Waals surface area (Å²) < 4.78 is 5.38. The topological polar surface area (TPSA) is 75.7 Å². The first-order valence-electron chi connectivity index (χ1n) is 10.7. The van der Waals surface area contributed by atoms with E-state index in [0.29, 0.717) is 23.1 Å². The minimum atomic E-state index is -0.492. The molecule has 178 valence electrons. The van der Waals surface area contributed by atoms with Crippen LogP contribution in [0.5, 0.6) is 5.75 Å². The van der Waals surface area contributed by atoms with E-state index in [1.165, 1.54) is 11.8 Å². The quantitative estimate of drug-likeness (QED) is 0.336. The van der Waals surface area contributed by atoms with Crippen LogP contribution in [0.2, 0.25) is 5.02 Å². The molecule has 1 heterocycles. The second-order valence-corrected chi connectivity index (χ2v) is 9.91. The Bertz CT molecular complexity index is 1280. The fraction of sp³-hybridized carbons (Fsp3) is 0.115. The average Bonchev–Trinajstić information content (AvgIpc) is 3.10. The largest absolute Gasteiger partial charge is 0.494 e. The molecule has 3 aromatic carbocycles. The molecule has 0 aromatic heterocycles. The molecule has 0 bridgehead atoms. The van der Waals surface area contributed by atoms with Gasteiger partial charge in [0, 0.05) is 20.5 Å². The van der Waals surface area contributed by atoms with Crippen LogP contribution >= 0.6 is 35.1 Å². The Morgan fingerprint density at radius 3 is 2.49 bits per heavy atom. The molecule has 0 aliphatic carbocycles. The van der Waals surface area contributed by atoms with Crippen molar-refractivity contribution in [1.29, 1.82) is 0 Å². The summed E-state index contributed by atoms with van der Waals surface area (Å²) >= 11 is 8.33. The summed E-state index contributed by atoms with van der Waals surface area (Å²) in [6, 6.07) is 21.9. The van der Waals surface area contributed by atoms with Crippen molar-refractivity contribution in [2.24, 2.45) is 0 Å². The first-order valence-corrected chi connectivity index (χ1v) is 12.7. The predicted molar refractivity (Wildman–Crippen MR) is 141 cm³/mol. The van der Waals surface area contributed by atoms with Crippen LogP contribution < -0.4 is 10.1 Å². The molecule has 4 rings (SSSR count). The number of anilines is 1. The molecular weight excluding hydrogens is 504 g/mol. The Kier molecular flexibility index (Phi) is 8.17. The van der Waals surface area contributed by atoms with Crippen molar-refractivity contribution < 1.29 is 19.1 Å². The lowest BCUT2D eigenvalue weighted by Gasteiger charge is -2.13. The molecule has 6 nitrogen and oxygen atoms in total. The van der Waals surface area contributed by atoms with Gasteiger partial charge in [-0.1, -0.05) is 41.6 Å². The van der Waals surface area contributed by atoms with Crippen molar-refractivity contribution in [2.75, 3.05) is 18.5 Å². The van der Waals surface area contributed by atoms with Gasteiger partial charge in [0.2, 0.25) is 5.91 Å².